The molecule has 1 amide bonds. The van der Waals surface area contributed by atoms with Crippen molar-refractivity contribution in [2.45, 2.75) is 19.3 Å². The number of likely N-dealkylation sites (tertiary alicyclic amines) is 1. The fourth-order valence-electron chi connectivity index (χ4n) is 2.97. The molecule has 1 aliphatic heterocycles. The first kappa shape index (κ1) is 18.5. The quantitative estimate of drug-likeness (QED) is 0.645. The molecule has 0 bridgehead atoms. The number of ether oxygens (including phenoxy) is 1. The standard InChI is InChI=1S/C18H14ClF3N4O2/c19-13-2-1-10(4-16(13)28-18(21)22)11-3-15-14(23-5-11)6-24-26(15)9-17(27)25-7-12(20)8-25/h1-6,12,18H,7-9H2. The number of amides is 1. The summed E-state index contributed by atoms with van der Waals surface area (Å²) in [6.45, 7) is -2.84. The molecule has 0 saturated carbocycles. The number of rotatable bonds is 5. The number of aromatic nitrogens is 3. The molecule has 1 saturated heterocycles. The average Bonchev–Trinajstić information content (AvgIpc) is 3.02. The van der Waals surface area contributed by atoms with Gasteiger partial charge in [-0.2, -0.15) is 13.9 Å². The van der Waals surface area contributed by atoms with Crippen LogP contribution in [-0.2, 0) is 11.3 Å². The number of nitrogens with zero attached hydrogens (tertiary/aromatic N) is 4. The van der Waals surface area contributed by atoms with Gasteiger partial charge < -0.3 is 9.64 Å². The lowest BCUT2D eigenvalue weighted by atomic mass is 10.1. The van der Waals surface area contributed by atoms with Gasteiger partial charge in [0.15, 0.2) is 0 Å². The van der Waals surface area contributed by atoms with Gasteiger partial charge in [0.05, 0.1) is 29.8 Å². The van der Waals surface area contributed by atoms with Crippen LogP contribution in [0.5, 0.6) is 5.75 Å². The molecular weight excluding hydrogens is 397 g/mol. The molecule has 1 aliphatic rings. The third-order valence-electron chi connectivity index (χ3n) is 4.45. The molecule has 4 rings (SSSR count). The number of carbonyl (C=O) groups excluding carboxylic acids is 1. The van der Waals surface area contributed by atoms with Gasteiger partial charge in [0.25, 0.3) is 0 Å². The van der Waals surface area contributed by atoms with Crippen LogP contribution in [0.3, 0.4) is 0 Å². The second-order valence-electron chi connectivity index (χ2n) is 6.35. The first-order valence-corrected chi connectivity index (χ1v) is 8.76. The minimum Gasteiger partial charge on any atom is -0.433 e. The number of hydrogen-bond acceptors (Lipinski definition) is 4. The third-order valence-corrected chi connectivity index (χ3v) is 4.76. The molecular formula is C18H14ClF3N4O2. The van der Waals surface area contributed by atoms with Crippen molar-refractivity contribution in [3.05, 3.63) is 41.7 Å². The van der Waals surface area contributed by atoms with Crippen molar-refractivity contribution in [2.24, 2.45) is 0 Å². The lowest BCUT2D eigenvalue weighted by Crippen LogP contribution is -2.52. The normalized spacial score (nSPS) is 14.5. The van der Waals surface area contributed by atoms with E-state index in [1.807, 2.05) is 0 Å². The summed E-state index contributed by atoms with van der Waals surface area (Å²) in [7, 11) is 0. The van der Waals surface area contributed by atoms with Gasteiger partial charge >= 0.3 is 6.61 Å². The van der Waals surface area contributed by atoms with Crippen LogP contribution in [0.25, 0.3) is 22.2 Å². The maximum Gasteiger partial charge on any atom is 0.387 e. The highest BCUT2D eigenvalue weighted by Crippen LogP contribution is 2.32. The molecule has 2 aromatic heterocycles. The molecule has 10 heteroatoms. The average molecular weight is 411 g/mol. The van der Waals surface area contributed by atoms with Gasteiger partial charge in [0.1, 0.15) is 24.0 Å². The van der Waals surface area contributed by atoms with Crippen LogP contribution in [0.1, 0.15) is 0 Å². The molecule has 0 atom stereocenters. The molecule has 28 heavy (non-hydrogen) atoms. The summed E-state index contributed by atoms with van der Waals surface area (Å²) in [5.74, 6) is -0.375. The zero-order valence-corrected chi connectivity index (χ0v) is 15.1. The smallest absolute Gasteiger partial charge is 0.387 e. The summed E-state index contributed by atoms with van der Waals surface area (Å²) < 4.78 is 43.9. The van der Waals surface area contributed by atoms with E-state index in [1.165, 1.54) is 27.9 Å². The number of benzene rings is 1. The Hall–Kier alpha value is -2.81. The Labute approximate surface area is 162 Å². The maximum atomic E-state index is 12.9. The molecule has 0 radical (unpaired) electrons. The summed E-state index contributed by atoms with van der Waals surface area (Å²) >= 11 is 5.89. The largest absolute Gasteiger partial charge is 0.433 e. The van der Waals surface area contributed by atoms with Gasteiger partial charge in [-0.25, -0.2) is 4.39 Å². The van der Waals surface area contributed by atoms with E-state index in [4.69, 9.17) is 11.6 Å². The number of fused-ring (bicyclic) bond motifs is 1. The molecule has 3 heterocycles. The molecule has 0 aliphatic carbocycles. The number of alkyl halides is 3. The van der Waals surface area contributed by atoms with Gasteiger partial charge in [0.2, 0.25) is 5.91 Å². The van der Waals surface area contributed by atoms with Gasteiger partial charge in [-0.3, -0.25) is 14.5 Å². The molecule has 0 spiro atoms. The van der Waals surface area contributed by atoms with Crippen molar-refractivity contribution < 1.29 is 22.7 Å². The Morgan fingerprint density at radius 3 is 2.75 bits per heavy atom. The first-order chi connectivity index (χ1) is 13.4. The number of pyridine rings is 1. The van der Waals surface area contributed by atoms with Gasteiger partial charge in [0, 0.05) is 11.8 Å². The van der Waals surface area contributed by atoms with Crippen LogP contribution in [0.15, 0.2) is 36.7 Å². The van der Waals surface area contributed by atoms with E-state index in [1.54, 1.807) is 18.3 Å². The summed E-state index contributed by atoms with van der Waals surface area (Å²) in [6.07, 6.45) is 2.11. The molecule has 146 valence electrons. The van der Waals surface area contributed by atoms with Crippen molar-refractivity contribution in [1.29, 1.82) is 0 Å². The zero-order valence-electron chi connectivity index (χ0n) is 14.4. The van der Waals surface area contributed by atoms with Crippen molar-refractivity contribution in [3.8, 4) is 16.9 Å². The predicted octanol–water partition coefficient (Wildman–Crippen LogP) is 3.53. The topological polar surface area (TPSA) is 60.3 Å². The van der Waals surface area contributed by atoms with E-state index < -0.39 is 12.8 Å². The summed E-state index contributed by atoms with van der Waals surface area (Å²) in [6, 6.07) is 6.24. The van der Waals surface area contributed by atoms with Crippen LogP contribution in [0.4, 0.5) is 13.2 Å². The van der Waals surface area contributed by atoms with Gasteiger partial charge in [-0.05, 0) is 23.8 Å². The maximum absolute atomic E-state index is 12.9. The lowest BCUT2D eigenvalue weighted by molar-refractivity contribution is -0.139. The van der Waals surface area contributed by atoms with Crippen LogP contribution in [0, 0.1) is 0 Å². The number of halogens is 4. The molecule has 6 nitrogen and oxygen atoms in total. The summed E-state index contributed by atoms with van der Waals surface area (Å²) in [4.78, 5) is 17.9. The Morgan fingerprint density at radius 2 is 2.04 bits per heavy atom. The van der Waals surface area contributed by atoms with Crippen molar-refractivity contribution in [2.75, 3.05) is 13.1 Å². The fourth-order valence-corrected chi connectivity index (χ4v) is 3.13. The highest BCUT2D eigenvalue weighted by molar-refractivity contribution is 6.32. The van der Waals surface area contributed by atoms with E-state index in [-0.39, 0.29) is 36.3 Å². The van der Waals surface area contributed by atoms with Crippen LogP contribution in [0.2, 0.25) is 5.02 Å². The molecule has 1 aromatic carbocycles. The predicted molar refractivity (Wildman–Crippen MR) is 96.1 cm³/mol. The second kappa shape index (κ2) is 7.31. The highest BCUT2D eigenvalue weighted by Gasteiger charge is 2.30. The number of carbonyl (C=O) groups is 1. The second-order valence-corrected chi connectivity index (χ2v) is 6.76. The van der Waals surface area contributed by atoms with Crippen molar-refractivity contribution in [3.63, 3.8) is 0 Å². The lowest BCUT2D eigenvalue weighted by Gasteiger charge is -2.34. The van der Waals surface area contributed by atoms with Crippen LogP contribution < -0.4 is 4.74 Å². The van der Waals surface area contributed by atoms with E-state index in [9.17, 15) is 18.0 Å². The van der Waals surface area contributed by atoms with Crippen LogP contribution >= 0.6 is 11.6 Å². The summed E-state index contributed by atoms with van der Waals surface area (Å²) in [5, 5.41) is 4.23. The molecule has 0 N–H and O–H groups in total. The molecule has 1 fully saturated rings. The third kappa shape index (κ3) is 3.62. The molecule has 3 aromatic rings. The zero-order chi connectivity index (χ0) is 19.8. The first-order valence-electron chi connectivity index (χ1n) is 8.39. The Kier molecular flexibility index (Phi) is 4.84. The van der Waals surface area contributed by atoms with Crippen LogP contribution in [-0.4, -0.2) is 51.4 Å². The van der Waals surface area contributed by atoms with E-state index in [0.717, 1.165) is 0 Å². The van der Waals surface area contributed by atoms with E-state index in [2.05, 4.69) is 14.8 Å². The van der Waals surface area contributed by atoms with Gasteiger partial charge in [-0.15, -0.1) is 0 Å². The van der Waals surface area contributed by atoms with E-state index >= 15 is 0 Å². The monoisotopic (exact) mass is 410 g/mol. The minimum absolute atomic E-state index is 0.0400. The summed E-state index contributed by atoms with van der Waals surface area (Å²) in [5.41, 5.74) is 2.35. The van der Waals surface area contributed by atoms with Gasteiger partial charge in [-0.1, -0.05) is 17.7 Å². The number of hydrogen-bond donors (Lipinski definition) is 0. The molecule has 0 unspecified atom stereocenters. The Balaban J connectivity index is 1.63. The SMILES string of the molecule is O=C(Cn1ncc2ncc(-c3ccc(Cl)c(OC(F)F)c3)cc21)N1CC(F)C1. The van der Waals surface area contributed by atoms with Crippen molar-refractivity contribution >= 4 is 28.5 Å². The van der Waals surface area contributed by atoms with Crippen molar-refractivity contribution in [1.82, 2.24) is 19.7 Å². The fraction of sp³-hybridized carbons (Fsp3) is 0.278. The van der Waals surface area contributed by atoms with E-state index in [0.29, 0.717) is 22.2 Å². The Morgan fingerprint density at radius 1 is 1.25 bits per heavy atom. The Bertz CT molecular complexity index is 1040. The minimum atomic E-state index is -2.99. The highest BCUT2D eigenvalue weighted by atomic mass is 35.5.